The molecule has 0 aliphatic carbocycles. The van der Waals surface area contributed by atoms with Gasteiger partial charge in [0.1, 0.15) is 0 Å². The van der Waals surface area contributed by atoms with Crippen LogP contribution in [0.4, 0.5) is 0 Å². The van der Waals surface area contributed by atoms with E-state index in [0.717, 1.165) is 11.1 Å². The van der Waals surface area contributed by atoms with Crippen LogP contribution >= 0.6 is 7.82 Å². The van der Waals surface area contributed by atoms with Gasteiger partial charge in [0.2, 0.25) is 0 Å². The monoisotopic (exact) mass is 372 g/mol. The topological polar surface area (TPSA) is 65.0 Å². The van der Waals surface area contributed by atoms with Crippen molar-refractivity contribution >= 4 is 7.82 Å². The Balaban J connectivity index is 3.28. The lowest BCUT2D eigenvalue weighted by atomic mass is 9.79. The van der Waals surface area contributed by atoms with Gasteiger partial charge in [-0.15, -0.1) is 0 Å². The van der Waals surface area contributed by atoms with Crippen molar-refractivity contribution in [3.05, 3.63) is 34.9 Å². The van der Waals surface area contributed by atoms with Gasteiger partial charge in [-0.25, -0.2) is 4.57 Å². The minimum Gasteiger partial charge on any atom is -0.364 e. The van der Waals surface area contributed by atoms with Gasteiger partial charge in [-0.2, -0.15) is 0 Å². The Morgan fingerprint density at radius 1 is 0.920 bits per heavy atom. The van der Waals surface area contributed by atoms with E-state index >= 15 is 0 Å². The lowest BCUT2D eigenvalue weighted by Gasteiger charge is -2.27. The minimum absolute atomic E-state index is 0.0980. The zero-order chi connectivity index (χ0) is 19.5. The molecule has 0 bridgehead atoms. The van der Waals surface area contributed by atoms with Crippen LogP contribution in [0.15, 0.2) is 18.2 Å². The highest BCUT2D eigenvalue weighted by Gasteiger charge is 2.31. The molecule has 0 saturated carbocycles. The number of aliphatic hydroxyl groups is 1. The summed E-state index contributed by atoms with van der Waals surface area (Å²) < 4.78 is 28.1. The Morgan fingerprint density at radius 2 is 1.32 bits per heavy atom. The number of rotatable bonds is 7. The molecular weight excluding hydrogens is 339 g/mol. The van der Waals surface area contributed by atoms with E-state index in [-0.39, 0.29) is 24.0 Å². The molecule has 0 aromatic heterocycles. The molecule has 1 N–H and O–H groups in total. The molecule has 0 aliphatic heterocycles. The van der Waals surface area contributed by atoms with Crippen molar-refractivity contribution in [3.63, 3.8) is 0 Å². The fourth-order valence-corrected chi connectivity index (χ4v) is 3.45. The zero-order valence-corrected chi connectivity index (χ0v) is 17.6. The number of phosphoric acid groups is 1. The third-order valence-corrected chi connectivity index (χ3v) is 5.38. The molecule has 6 heteroatoms. The maximum atomic E-state index is 12.5. The Kier molecular flexibility index (Phi) is 7.43. The van der Waals surface area contributed by atoms with Crippen molar-refractivity contribution in [3.8, 4) is 0 Å². The van der Waals surface area contributed by atoms with Crippen molar-refractivity contribution in [2.75, 3.05) is 13.2 Å². The SMILES string of the molecule is CCOP(=O)(OCC)OC(O)c1cc(C(C)(C)C)cc(C(C)(C)C)c1. The van der Waals surface area contributed by atoms with E-state index in [1.165, 1.54) is 0 Å². The number of aliphatic hydroxyl groups excluding tert-OH is 1. The largest absolute Gasteiger partial charge is 0.477 e. The van der Waals surface area contributed by atoms with Crippen LogP contribution in [0.1, 0.15) is 78.4 Å². The van der Waals surface area contributed by atoms with Crippen molar-refractivity contribution in [2.24, 2.45) is 0 Å². The first-order valence-corrected chi connectivity index (χ1v) is 10.2. The predicted octanol–water partition coefficient (Wildman–Crippen LogP) is 5.47. The van der Waals surface area contributed by atoms with Crippen LogP contribution in [0.3, 0.4) is 0 Å². The molecule has 25 heavy (non-hydrogen) atoms. The third-order valence-electron chi connectivity index (χ3n) is 3.78. The number of benzene rings is 1. The molecule has 1 rings (SSSR count). The summed E-state index contributed by atoms with van der Waals surface area (Å²) in [7, 11) is -3.80. The highest BCUT2D eigenvalue weighted by Crippen LogP contribution is 2.52. The first-order chi connectivity index (χ1) is 11.3. The van der Waals surface area contributed by atoms with E-state index in [1.54, 1.807) is 13.8 Å². The fourth-order valence-electron chi connectivity index (χ4n) is 2.26. The molecule has 1 atom stereocenters. The Labute approximate surface area is 152 Å². The summed E-state index contributed by atoms with van der Waals surface area (Å²) in [6.07, 6.45) is -1.40. The second kappa shape index (κ2) is 8.32. The van der Waals surface area contributed by atoms with Crippen LogP contribution in [0.25, 0.3) is 0 Å². The second-order valence-electron chi connectivity index (χ2n) is 8.08. The first-order valence-electron chi connectivity index (χ1n) is 8.74. The van der Waals surface area contributed by atoms with Crippen LogP contribution in [0.2, 0.25) is 0 Å². The van der Waals surface area contributed by atoms with E-state index in [9.17, 15) is 9.67 Å². The third kappa shape index (κ3) is 6.50. The first kappa shape index (κ1) is 22.3. The average Bonchev–Trinajstić information content (AvgIpc) is 2.45. The summed E-state index contributed by atoms with van der Waals surface area (Å²) in [6.45, 7) is 16.4. The van der Waals surface area contributed by atoms with Gasteiger partial charge in [0.25, 0.3) is 0 Å². The smallest absolute Gasteiger partial charge is 0.364 e. The van der Waals surface area contributed by atoms with Crippen LogP contribution < -0.4 is 0 Å². The van der Waals surface area contributed by atoms with E-state index in [4.69, 9.17) is 13.6 Å². The predicted molar refractivity (Wildman–Crippen MR) is 101 cm³/mol. The molecule has 0 aliphatic rings. The summed E-state index contributed by atoms with van der Waals surface area (Å²) in [5.41, 5.74) is 2.48. The molecule has 0 heterocycles. The highest BCUT2D eigenvalue weighted by molar-refractivity contribution is 7.48. The summed E-state index contributed by atoms with van der Waals surface area (Å²) in [5, 5.41) is 10.5. The lowest BCUT2D eigenvalue weighted by molar-refractivity contribution is -0.0499. The van der Waals surface area contributed by atoms with E-state index in [2.05, 4.69) is 47.6 Å². The zero-order valence-electron chi connectivity index (χ0n) is 16.8. The molecule has 0 amide bonds. The quantitative estimate of drug-likeness (QED) is 0.508. The van der Waals surface area contributed by atoms with Gasteiger partial charge in [-0.05, 0) is 35.8 Å². The van der Waals surface area contributed by atoms with Crippen molar-refractivity contribution in [1.29, 1.82) is 0 Å². The minimum atomic E-state index is -3.80. The second-order valence-corrected chi connectivity index (χ2v) is 9.71. The maximum Gasteiger partial charge on any atom is 0.477 e. The molecular formula is C19H33O5P. The summed E-state index contributed by atoms with van der Waals surface area (Å²) in [6, 6.07) is 5.89. The van der Waals surface area contributed by atoms with Crippen molar-refractivity contribution in [2.45, 2.75) is 72.5 Å². The molecule has 144 valence electrons. The summed E-state index contributed by atoms with van der Waals surface area (Å²) in [5.74, 6) is 0. The fraction of sp³-hybridized carbons (Fsp3) is 0.684. The molecule has 0 saturated heterocycles. The molecule has 1 aromatic carbocycles. The van der Waals surface area contributed by atoms with Gasteiger partial charge >= 0.3 is 7.82 Å². The number of phosphoric ester groups is 1. The Bertz CT molecular complexity index is 571. The molecule has 0 radical (unpaired) electrons. The Hall–Kier alpha value is -0.710. The standard InChI is InChI=1S/C19H33O5P/c1-9-22-25(21,23-10-2)24-17(20)14-11-15(18(3,4)5)13-16(12-14)19(6,7)8/h11-13,17,20H,9-10H2,1-8H3. The number of hydrogen-bond donors (Lipinski definition) is 1. The van der Waals surface area contributed by atoms with Gasteiger partial charge in [0.05, 0.1) is 13.2 Å². The van der Waals surface area contributed by atoms with Crippen molar-refractivity contribution < 1.29 is 23.2 Å². The lowest BCUT2D eigenvalue weighted by Crippen LogP contribution is -2.18. The van der Waals surface area contributed by atoms with E-state index in [0.29, 0.717) is 5.56 Å². The van der Waals surface area contributed by atoms with E-state index in [1.807, 2.05) is 12.1 Å². The summed E-state index contributed by atoms with van der Waals surface area (Å²) >= 11 is 0. The average molecular weight is 372 g/mol. The Morgan fingerprint density at radius 3 is 1.64 bits per heavy atom. The van der Waals surface area contributed by atoms with Gasteiger partial charge in [0, 0.05) is 5.56 Å². The van der Waals surface area contributed by atoms with Crippen LogP contribution in [0.5, 0.6) is 0 Å². The van der Waals surface area contributed by atoms with Gasteiger partial charge in [0.15, 0.2) is 6.29 Å². The van der Waals surface area contributed by atoms with Crippen LogP contribution in [-0.4, -0.2) is 18.3 Å². The molecule has 0 fully saturated rings. The van der Waals surface area contributed by atoms with Gasteiger partial charge < -0.3 is 5.11 Å². The van der Waals surface area contributed by atoms with E-state index < -0.39 is 14.1 Å². The molecule has 1 aromatic rings. The molecule has 5 nitrogen and oxygen atoms in total. The van der Waals surface area contributed by atoms with Crippen LogP contribution in [0, 0.1) is 0 Å². The van der Waals surface area contributed by atoms with Gasteiger partial charge in [-0.3, -0.25) is 13.6 Å². The number of hydrogen-bond acceptors (Lipinski definition) is 5. The van der Waals surface area contributed by atoms with Crippen LogP contribution in [-0.2, 0) is 29.0 Å². The van der Waals surface area contributed by atoms with Crippen molar-refractivity contribution in [1.82, 2.24) is 0 Å². The molecule has 0 spiro atoms. The summed E-state index contributed by atoms with van der Waals surface area (Å²) in [4.78, 5) is 0. The van der Waals surface area contributed by atoms with Gasteiger partial charge in [-0.1, -0.05) is 59.7 Å². The normalized spacial score (nSPS) is 14.6. The highest BCUT2D eigenvalue weighted by atomic mass is 31.2. The maximum absolute atomic E-state index is 12.5. The molecule has 1 unspecified atom stereocenters.